The van der Waals surface area contributed by atoms with Gasteiger partial charge in [-0.15, -0.1) is 0 Å². The van der Waals surface area contributed by atoms with Gasteiger partial charge in [0.15, 0.2) is 0 Å². The van der Waals surface area contributed by atoms with Gasteiger partial charge < -0.3 is 11.1 Å². The van der Waals surface area contributed by atoms with Crippen molar-refractivity contribution in [2.24, 2.45) is 23.0 Å². The first-order chi connectivity index (χ1) is 8.93. The minimum absolute atomic E-state index is 0.00353. The first-order valence-electron chi connectivity index (χ1n) is 7.56. The quantitative estimate of drug-likeness (QED) is 0.818. The molecule has 2 rings (SSSR count). The Bertz CT molecular complexity index is 326. The number of rotatable bonds is 2. The summed E-state index contributed by atoms with van der Waals surface area (Å²) in [6.45, 7) is 6.60. The van der Waals surface area contributed by atoms with Crippen LogP contribution >= 0.6 is 11.8 Å². The second kappa shape index (κ2) is 6.04. The van der Waals surface area contributed by atoms with Crippen molar-refractivity contribution in [2.45, 2.75) is 58.5 Å². The highest BCUT2D eigenvalue weighted by atomic mass is 32.2. The molecule has 4 unspecified atom stereocenters. The van der Waals surface area contributed by atoms with Crippen LogP contribution in [0.25, 0.3) is 0 Å². The first kappa shape index (κ1) is 15.2. The van der Waals surface area contributed by atoms with Crippen molar-refractivity contribution in [3.63, 3.8) is 0 Å². The second-order valence-corrected chi connectivity index (χ2v) is 7.98. The van der Waals surface area contributed by atoms with Gasteiger partial charge in [-0.25, -0.2) is 0 Å². The Hall–Kier alpha value is -0.220. The van der Waals surface area contributed by atoms with Gasteiger partial charge in [0, 0.05) is 23.8 Å². The molecule has 0 aromatic carbocycles. The Morgan fingerprint density at radius 1 is 1.32 bits per heavy atom. The van der Waals surface area contributed by atoms with Crippen LogP contribution in [0.3, 0.4) is 0 Å². The molecule has 1 heterocycles. The molecule has 4 heteroatoms. The molecule has 0 aromatic heterocycles. The topological polar surface area (TPSA) is 55.1 Å². The Morgan fingerprint density at radius 2 is 2.05 bits per heavy atom. The van der Waals surface area contributed by atoms with Gasteiger partial charge in [0.1, 0.15) is 0 Å². The lowest BCUT2D eigenvalue weighted by Crippen LogP contribution is -2.53. The molecule has 1 aliphatic carbocycles. The number of hydrogen-bond acceptors (Lipinski definition) is 3. The summed E-state index contributed by atoms with van der Waals surface area (Å²) in [6.07, 6.45) is 4.28. The van der Waals surface area contributed by atoms with E-state index in [0.29, 0.717) is 12.0 Å². The molecule has 4 atom stereocenters. The van der Waals surface area contributed by atoms with Crippen LogP contribution < -0.4 is 11.1 Å². The minimum atomic E-state index is 0.00353. The van der Waals surface area contributed by atoms with Crippen molar-refractivity contribution in [2.75, 3.05) is 11.5 Å². The number of nitrogens with one attached hydrogen (secondary N) is 1. The molecule has 2 fully saturated rings. The van der Waals surface area contributed by atoms with E-state index < -0.39 is 0 Å². The fourth-order valence-electron chi connectivity index (χ4n) is 3.48. The van der Waals surface area contributed by atoms with Gasteiger partial charge in [-0.3, -0.25) is 4.79 Å². The third kappa shape index (κ3) is 3.27. The van der Waals surface area contributed by atoms with Crippen LogP contribution in [0.2, 0.25) is 0 Å². The van der Waals surface area contributed by atoms with Crippen LogP contribution in [0.4, 0.5) is 0 Å². The number of hydrogen-bond donors (Lipinski definition) is 2. The smallest absolute Gasteiger partial charge is 0.223 e. The monoisotopic (exact) mass is 284 g/mol. The number of amides is 1. The zero-order valence-corrected chi connectivity index (χ0v) is 13.3. The summed E-state index contributed by atoms with van der Waals surface area (Å²) in [7, 11) is 0. The van der Waals surface area contributed by atoms with Gasteiger partial charge in [0.05, 0.1) is 0 Å². The highest BCUT2D eigenvalue weighted by Gasteiger charge is 2.45. The molecule has 110 valence electrons. The second-order valence-electron chi connectivity index (χ2n) is 6.83. The molecular formula is C15H28N2OS. The number of carbonyl (C=O) groups is 1. The average Bonchev–Trinajstić information content (AvgIpc) is 2.37. The summed E-state index contributed by atoms with van der Waals surface area (Å²) >= 11 is 1.96. The normalized spacial score (nSPS) is 38.7. The predicted molar refractivity (Wildman–Crippen MR) is 82.1 cm³/mol. The lowest BCUT2D eigenvalue weighted by Gasteiger charge is -2.46. The highest BCUT2D eigenvalue weighted by Crippen LogP contribution is 2.44. The third-order valence-electron chi connectivity index (χ3n) is 5.33. The Balaban J connectivity index is 1.97. The molecule has 3 nitrogen and oxygen atoms in total. The number of thioether (sulfide) groups is 1. The van der Waals surface area contributed by atoms with Gasteiger partial charge in [-0.05, 0) is 42.8 Å². The number of carbonyl (C=O) groups excluding carboxylic acids is 1. The van der Waals surface area contributed by atoms with Gasteiger partial charge in [0.25, 0.3) is 0 Å². The van der Waals surface area contributed by atoms with Gasteiger partial charge in [-0.2, -0.15) is 11.8 Å². The summed E-state index contributed by atoms with van der Waals surface area (Å²) in [5.74, 6) is 3.10. The maximum Gasteiger partial charge on any atom is 0.223 e. The molecule has 1 saturated carbocycles. The summed E-state index contributed by atoms with van der Waals surface area (Å²) in [5.41, 5.74) is 6.17. The zero-order valence-electron chi connectivity index (χ0n) is 12.4. The fraction of sp³-hybridized carbons (Fsp3) is 0.933. The average molecular weight is 284 g/mol. The van der Waals surface area contributed by atoms with Crippen LogP contribution in [-0.4, -0.2) is 29.5 Å². The van der Waals surface area contributed by atoms with E-state index in [4.69, 9.17) is 5.73 Å². The van der Waals surface area contributed by atoms with Crippen LogP contribution in [0.1, 0.15) is 46.5 Å². The van der Waals surface area contributed by atoms with Crippen LogP contribution in [-0.2, 0) is 4.79 Å². The maximum absolute atomic E-state index is 12.6. The Labute approximate surface area is 121 Å². The largest absolute Gasteiger partial charge is 0.352 e. The van der Waals surface area contributed by atoms with Crippen LogP contribution in [0.5, 0.6) is 0 Å². The molecule has 1 aliphatic heterocycles. The van der Waals surface area contributed by atoms with E-state index in [2.05, 4.69) is 26.1 Å². The van der Waals surface area contributed by atoms with Crippen molar-refractivity contribution in [1.82, 2.24) is 5.32 Å². The first-order valence-corrected chi connectivity index (χ1v) is 8.72. The van der Waals surface area contributed by atoms with E-state index in [9.17, 15) is 4.79 Å². The summed E-state index contributed by atoms with van der Waals surface area (Å²) in [5, 5.41) is 3.28. The molecule has 0 bridgehead atoms. The summed E-state index contributed by atoms with van der Waals surface area (Å²) < 4.78 is 0. The van der Waals surface area contributed by atoms with Crippen molar-refractivity contribution in [3.8, 4) is 0 Å². The molecule has 2 aliphatic rings. The van der Waals surface area contributed by atoms with E-state index >= 15 is 0 Å². The zero-order chi connectivity index (χ0) is 14.0. The van der Waals surface area contributed by atoms with Crippen LogP contribution in [0, 0.1) is 17.3 Å². The van der Waals surface area contributed by atoms with Crippen LogP contribution in [0.15, 0.2) is 0 Å². The molecule has 3 N–H and O–H groups in total. The molecule has 0 radical (unpaired) electrons. The minimum Gasteiger partial charge on any atom is -0.352 e. The summed E-state index contributed by atoms with van der Waals surface area (Å²) in [6, 6.07) is 0.622. The van der Waals surface area contributed by atoms with E-state index in [1.807, 2.05) is 11.8 Å². The van der Waals surface area contributed by atoms with E-state index in [0.717, 1.165) is 25.0 Å². The van der Waals surface area contributed by atoms with Crippen molar-refractivity contribution in [3.05, 3.63) is 0 Å². The van der Waals surface area contributed by atoms with E-state index in [1.165, 1.54) is 12.2 Å². The van der Waals surface area contributed by atoms with Gasteiger partial charge >= 0.3 is 0 Å². The standard InChI is InChI=1S/C15H28N2OS/c1-10-13(16)7-6-12(15(10,2)3)14(18)17-11-5-4-8-19-9-11/h10-13H,4-9,16H2,1-3H3,(H,17,18). The van der Waals surface area contributed by atoms with Crippen molar-refractivity contribution >= 4 is 17.7 Å². The fourth-order valence-corrected chi connectivity index (χ4v) is 4.55. The van der Waals surface area contributed by atoms with Crippen molar-refractivity contribution in [1.29, 1.82) is 0 Å². The molecule has 0 spiro atoms. The van der Waals surface area contributed by atoms with E-state index in [-0.39, 0.29) is 23.3 Å². The molecule has 19 heavy (non-hydrogen) atoms. The highest BCUT2D eigenvalue weighted by molar-refractivity contribution is 7.99. The summed E-state index contributed by atoms with van der Waals surface area (Å²) in [4.78, 5) is 12.6. The number of nitrogens with two attached hydrogens (primary N) is 1. The SMILES string of the molecule is CC1C(N)CCC(C(=O)NC2CCCSC2)C1(C)C. The van der Waals surface area contributed by atoms with E-state index in [1.54, 1.807) is 0 Å². The molecule has 0 aromatic rings. The van der Waals surface area contributed by atoms with Gasteiger partial charge in [-0.1, -0.05) is 20.8 Å². The predicted octanol–water partition coefficient (Wildman–Crippen LogP) is 2.40. The Morgan fingerprint density at radius 3 is 2.68 bits per heavy atom. The molecular weight excluding hydrogens is 256 g/mol. The Kier molecular flexibility index (Phi) is 4.83. The third-order valence-corrected chi connectivity index (χ3v) is 6.54. The molecule has 1 amide bonds. The van der Waals surface area contributed by atoms with Gasteiger partial charge in [0.2, 0.25) is 5.91 Å². The molecule has 1 saturated heterocycles. The van der Waals surface area contributed by atoms with Crippen molar-refractivity contribution < 1.29 is 4.79 Å². The lowest BCUT2D eigenvalue weighted by molar-refractivity contribution is -0.133. The lowest BCUT2D eigenvalue weighted by atomic mass is 9.61. The maximum atomic E-state index is 12.6.